The monoisotopic (exact) mass is 446 g/mol. The van der Waals surface area contributed by atoms with Crippen LogP contribution in [-0.4, -0.2) is 18.4 Å². The van der Waals surface area contributed by atoms with Crippen LogP contribution in [0.5, 0.6) is 0 Å². The average molecular weight is 446 g/mol. The molecule has 31 heavy (non-hydrogen) atoms. The minimum Gasteiger partial charge on any atom is -0.468 e. The van der Waals surface area contributed by atoms with Gasteiger partial charge < -0.3 is 14.6 Å². The van der Waals surface area contributed by atoms with E-state index < -0.39 is 17.6 Å². The highest BCUT2D eigenvalue weighted by Crippen LogP contribution is 2.45. The van der Waals surface area contributed by atoms with Gasteiger partial charge in [0.2, 0.25) is 11.8 Å². The van der Waals surface area contributed by atoms with Gasteiger partial charge >= 0.3 is 6.18 Å². The first-order valence-corrected chi connectivity index (χ1v) is 10.3. The van der Waals surface area contributed by atoms with Crippen molar-refractivity contribution in [3.05, 3.63) is 78.3 Å². The fourth-order valence-electron chi connectivity index (χ4n) is 3.30. The molecule has 1 aliphatic heterocycles. The summed E-state index contributed by atoms with van der Waals surface area (Å²) in [5, 5.41) is 2.20. The van der Waals surface area contributed by atoms with Crippen LogP contribution in [0.2, 0.25) is 0 Å². The van der Waals surface area contributed by atoms with E-state index >= 15 is 0 Å². The van der Waals surface area contributed by atoms with Gasteiger partial charge in [-0.15, -0.1) is 11.8 Å². The van der Waals surface area contributed by atoms with Crippen molar-refractivity contribution < 1.29 is 27.2 Å². The van der Waals surface area contributed by atoms with Crippen molar-refractivity contribution in [1.82, 2.24) is 0 Å². The minimum atomic E-state index is -4.52. The normalized spacial score (nSPS) is 16.5. The molecule has 1 N–H and O–H groups in total. The van der Waals surface area contributed by atoms with Gasteiger partial charge in [0, 0.05) is 17.0 Å². The Kier molecular flexibility index (Phi) is 5.77. The molecule has 0 saturated heterocycles. The fraction of sp³-hybridized carbons (Fsp3) is 0.182. The lowest BCUT2D eigenvalue weighted by Gasteiger charge is -2.22. The average Bonchev–Trinajstić information content (AvgIpc) is 3.22. The zero-order valence-corrected chi connectivity index (χ0v) is 16.9. The molecule has 5 nitrogen and oxygen atoms in total. The van der Waals surface area contributed by atoms with Gasteiger partial charge in [-0.25, -0.2) is 0 Å². The van der Waals surface area contributed by atoms with E-state index in [0.29, 0.717) is 11.4 Å². The number of amides is 2. The number of alkyl halides is 3. The van der Waals surface area contributed by atoms with E-state index in [4.69, 9.17) is 4.42 Å². The number of carbonyl (C=O) groups is 2. The molecule has 0 unspecified atom stereocenters. The van der Waals surface area contributed by atoms with Crippen LogP contribution in [0, 0.1) is 0 Å². The molecule has 2 amide bonds. The van der Waals surface area contributed by atoms with Crippen molar-refractivity contribution in [3.8, 4) is 0 Å². The standard InChI is InChI=1S/C22H17F3N2O3S/c23-22(24,25)14-5-3-6-15(11-14)26-20(28)13-27-16-7-1-2-9-18(16)31-19(12-21(27)29)17-8-4-10-30-17/h1-11,19H,12-13H2,(H,26,28)/t19-/m0/s1. The molecule has 2 aromatic carbocycles. The van der Waals surface area contributed by atoms with E-state index in [1.54, 1.807) is 24.3 Å². The van der Waals surface area contributed by atoms with E-state index in [1.807, 2.05) is 12.1 Å². The maximum atomic E-state index is 13.0. The number of anilines is 2. The largest absolute Gasteiger partial charge is 0.468 e. The third-order valence-corrected chi connectivity index (χ3v) is 6.00. The van der Waals surface area contributed by atoms with Crippen molar-refractivity contribution in [2.24, 2.45) is 0 Å². The van der Waals surface area contributed by atoms with E-state index in [-0.39, 0.29) is 29.8 Å². The van der Waals surface area contributed by atoms with Gasteiger partial charge in [-0.3, -0.25) is 9.59 Å². The summed E-state index contributed by atoms with van der Waals surface area (Å²) in [6, 6.07) is 15.1. The maximum absolute atomic E-state index is 13.0. The topological polar surface area (TPSA) is 62.6 Å². The number of para-hydroxylation sites is 1. The van der Waals surface area contributed by atoms with Crippen LogP contribution < -0.4 is 10.2 Å². The third-order valence-electron chi connectivity index (χ3n) is 4.72. The highest BCUT2D eigenvalue weighted by atomic mass is 32.2. The van der Waals surface area contributed by atoms with Gasteiger partial charge in [0.15, 0.2) is 0 Å². The first-order chi connectivity index (χ1) is 14.8. The van der Waals surface area contributed by atoms with Crippen molar-refractivity contribution in [2.75, 3.05) is 16.8 Å². The molecule has 3 aromatic rings. The first kappa shape index (κ1) is 21.0. The van der Waals surface area contributed by atoms with Crippen LogP contribution in [0.25, 0.3) is 0 Å². The molecule has 0 radical (unpaired) electrons. The van der Waals surface area contributed by atoms with Gasteiger partial charge in [-0.05, 0) is 42.5 Å². The molecule has 0 spiro atoms. The van der Waals surface area contributed by atoms with Crippen molar-refractivity contribution in [1.29, 1.82) is 0 Å². The number of benzene rings is 2. The third kappa shape index (κ3) is 4.77. The number of halogens is 3. The lowest BCUT2D eigenvalue weighted by atomic mass is 10.2. The highest BCUT2D eigenvalue weighted by Gasteiger charge is 2.32. The lowest BCUT2D eigenvalue weighted by Crippen LogP contribution is -2.38. The summed E-state index contributed by atoms with van der Waals surface area (Å²) in [4.78, 5) is 27.8. The van der Waals surface area contributed by atoms with Crippen molar-refractivity contribution >= 4 is 35.0 Å². The molecule has 160 valence electrons. The molecule has 1 atom stereocenters. The molecule has 0 aliphatic carbocycles. The van der Waals surface area contributed by atoms with Gasteiger partial charge in [0.25, 0.3) is 0 Å². The SMILES string of the molecule is O=C(CN1C(=O)C[C@@H](c2ccco2)Sc2ccccc21)Nc1cccc(C(F)(F)F)c1. The predicted molar refractivity (Wildman–Crippen MR) is 111 cm³/mol. The molecular weight excluding hydrogens is 429 g/mol. The summed E-state index contributed by atoms with van der Waals surface area (Å²) >= 11 is 1.47. The summed E-state index contributed by atoms with van der Waals surface area (Å²) in [7, 11) is 0. The predicted octanol–water partition coefficient (Wildman–Crippen LogP) is 5.51. The Morgan fingerprint density at radius 2 is 1.94 bits per heavy atom. The van der Waals surface area contributed by atoms with E-state index in [0.717, 1.165) is 17.0 Å². The van der Waals surface area contributed by atoms with E-state index in [2.05, 4.69) is 5.32 Å². The molecule has 4 rings (SSSR count). The zero-order valence-electron chi connectivity index (χ0n) is 16.1. The fourth-order valence-corrected chi connectivity index (χ4v) is 4.54. The Balaban J connectivity index is 1.55. The number of nitrogens with one attached hydrogen (secondary N) is 1. The first-order valence-electron chi connectivity index (χ1n) is 9.38. The van der Waals surface area contributed by atoms with Gasteiger partial charge in [-0.1, -0.05) is 18.2 Å². The van der Waals surface area contributed by atoms with Gasteiger partial charge in [0.1, 0.15) is 12.3 Å². The number of carbonyl (C=O) groups excluding carboxylic acids is 2. The van der Waals surface area contributed by atoms with Crippen LogP contribution in [0.3, 0.4) is 0 Å². The summed E-state index contributed by atoms with van der Waals surface area (Å²) < 4.78 is 44.2. The van der Waals surface area contributed by atoms with Crippen LogP contribution in [0.15, 0.2) is 76.2 Å². The molecule has 0 fully saturated rings. The Morgan fingerprint density at radius 1 is 1.13 bits per heavy atom. The van der Waals surface area contributed by atoms with E-state index in [9.17, 15) is 22.8 Å². The second kappa shape index (κ2) is 8.50. The summed E-state index contributed by atoms with van der Waals surface area (Å²) in [6.45, 7) is -0.322. The molecule has 1 aliphatic rings. The van der Waals surface area contributed by atoms with Crippen LogP contribution in [-0.2, 0) is 15.8 Å². The molecule has 0 bridgehead atoms. The van der Waals surface area contributed by atoms with Crippen LogP contribution >= 0.6 is 11.8 Å². The number of furan rings is 1. The summed E-state index contributed by atoms with van der Waals surface area (Å²) in [5.74, 6) is -0.217. The Labute approximate surface area is 180 Å². The number of fused-ring (bicyclic) bond motifs is 1. The maximum Gasteiger partial charge on any atom is 0.416 e. The summed E-state index contributed by atoms with van der Waals surface area (Å²) in [6.07, 6.45) is -2.86. The lowest BCUT2D eigenvalue weighted by molar-refractivity contribution is -0.137. The van der Waals surface area contributed by atoms with Gasteiger partial charge in [-0.2, -0.15) is 13.2 Å². The van der Waals surface area contributed by atoms with Crippen LogP contribution in [0.4, 0.5) is 24.5 Å². The Bertz CT molecular complexity index is 1100. The van der Waals surface area contributed by atoms with E-state index in [1.165, 1.54) is 35.1 Å². The number of nitrogens with zero attached hydrogens (tertiary/aromatic N) is 1. The molecular formula is C22H17F3N2O3S. The number of hydrogen-bond donors (Lipinski definition) is 1. The summed E-state index contributed by atoms with van der Waals surface area (Å²) in [5.41, 5.74) is -0.275. The number of thioether (sulfide) groups is 1. The Morgan fingerprint density at radius 3 is 2.68 bits per heavy atom. The Hall–Kier alpha value is -3.20. The zero-order chi connectivity index (χ0) is 22.0. The molecule has 0 saturated carbocycles. The molecule has 2 heterocycles. The quantitative estimate of drug-likeness (QED) is 0.574. The second-order valence-corrected chi connectivity index (χ2v) is 8.14. The highest BCUT2D eigenvalue weighted by molar-refractivity contribution is 7.99. The second-order valence-electron chi connectivity index (χ2n) is 6.90. The van der Waals surface area contributed by atoms with Crippen LogP contribution in [0.1, 0.15) is 23.0 Å². The molecule has 9 heteroatoms. The minimum absolute atomic E-state index is 0.0122. The number of hydrogen-bond acceptors (Lipinski definition) is 4. The van der Waals surface area contributed by atoms with Gasteiger partial charge in [0.05, 0.1) is 22.8 Å². The smallest absolute Gasteiger partial charge is 0.416 e. The number of rotatable bonds is 4. The molecule has 1 aromatic heterocycles. The van der Waals surface area contributed by atoms with Crippen molar-refractivity contribution in [3.63, 3.8) is 0 Å². The van der Waals surface area contributed by atoms with Crippen molar-refractivity contribution in [2.45, 2.75) is 22.7 Å².